The molecule has 1 N–H and O–H groups in total. The van der Waals surface area contributed by atoms with E-state index in [9.17, 15) is 4.79 Å². The fourth-order valence-corrected chi connectivity index (χ4v) is 3.78. The minimum absolute atomic E-state index is 0.0567. The second kappa shape index (κ2) is 8.71. The van der Waals surface area contributed by atoms with E-state index >= 15 is 0 Å². The second-order valence-electron chi connectivity index (χ2n) is 6.57. The van der Waals surface area contributed by atoms with Crippen molar-refractivity contribution in [3.8, 4) is 27.4 Å². The predicted molar refractivity (Wildman–Crippen MR) is 118 cm³/mol. The van der Waals surface area contributed by atoms with Crippen molar-refractivity contribution in [3.63, 3.8) is 0 Å². The van der Waals surface area contributed by atoms with Crippen LogP contribution < -0.4 is 10.1 Å². The molecule has 1 aromatic heterocycles. The van der Waals surface area contributed by atoms with Crippen molar-refractivity contribution >= 4 is 22.9 Å². The van der Waals surface area contributed by atoms with Gasteiger partial charge in [0.1, 0.15) is 10.8 Å². The zero-order valence-electron chi connectivity index (χ0n) is 16.0. The first-order chi connectivity index (χ1) is 14.2. The molecule has 1 heterocycles. The molecule has 4 nitrogen and oxygen atoms in total. The van der Waals surface area contributed by atoms with Crippen LogP contribution in [0.2, 0.25) is 0 Å². The molecule has 5 heteroatoms. The van der Waals surface area contributed by atoms with E-state index in [1.807, 2.05) is 91.2 Å². The fraction of sp³-hybridized carbons (Fsp3) is 0.0833. The summed E-state index contributed by atoms with van der Waals surface area (Å²) in [5, 5.41) is 5.95. The maximum Gasteiger partial charge on any atom is 0.262 e. The van der Waals surface area contributed by atoms with E-state index in [0.29, 0.717) is 5.75 Å². The summed E-state index contributed by atoms with van der Waals surface area (Å²) in [5.74, 6) is 0.446. The summed E-state index contributed by atoms with van der Waals surface area (Å²) in [6, 6.07) is 25.3. The van der Waals surface area contributed by atoms with Crippen LogP contribution in [0.1, 0.15) is 5.69 Å². The zero-order chi connectivity index (χ0) is 20.1. The molecule has 0 fully saturated rings. The number of anilines is 1. The number of hydrogen-bond donors (Lipinski definition) is 1. The van der Waals surface area contributed by atoms with Gasteiger partial charge in [0.15, 0.2) is 6.61 Å². The number of aromatic nitrogens is 1. The zero-order valence-corrected chi connectivity index (χ0v) is 16.8. The Labute approximate surface area is 173 Å². The highest BCUT2D eigenvalue weighted by atomic mass is 32.1. The Hall–Kier alpha value is -3.44. The van der Waals surface area contributed by atoms with Crippen molar-refractivity contribution in [1.82, 2.24) is 4.98 Å². The van der Waals surface area contributed by atoms with Crippen molar-refractivity contribution in [2.24, 2.45) is 0 Å². The van der Waals surface area contributed by atoms with Crippen LogP contribution in [0.25, 0.3) is 21.7 Å². The molecule has 0 aliphatic rings. The summed E-state index contributed by atoms with van der Waals surface area (Å²) in [5.41, 5.74) is 4.85. The molecule has 0 bridgehead atoms. The number of amides is 1. The average molecular weight is 401 g/mol. The number of para-hydroxylation sites is 1. The van der Waals surface area contributed by atoms with E-state index in [0.717, 1.165) is 33.1 Å². The normalized spacial score (nSPS) is 10.5. The van der Waals surface area contributed by atoms with Gasteiger partial charge in [-0.3, -0.25) is 4.79 Å². The quantitative estimate of drug-likeness (QED) is 0.445. The van der Waals surface area contributed by atoms with Gasteiger partial charge in [0.25, 0.3) is 5.91 Å². The Morgan fingerprint density at radius 2 is 1.66 bits per heavy atom. The number of rotatable bonds is 6. The van der Waals surface area contributed by atoms with Gasteiger partial charge >= 0.3 is 0 Å². The molecule has 3 aromatic carbocycles. The van der Waals surface area contributed by atoms with Gasteiger partial charge in [-0.1, -0.05) is 48.5 Å². The minimum Gasteiger partial charge on any atom is -0.484 e. The summed E-state index contributed by atoms with van der Waals surface area (Å²) in [6.07, 6.45) is 0. The summed E-state index contributed by atoms with van der Waals surface area (Å²) < 4.78 is 5.65. The SMILES string of the molecule is Cc1csc(-c2ccc(OCC(=O)Nc3ccccc3-c3ccccc3)cc2)n1. The highest BCUT2D eigenvalue weighted by Crippen LogP contribution is 2.28. The molecule has 0 aliphatic heterocycles. The van der Waals surface area contributed by atoms with Crippen molar-refractivity contribution in [2.45, 2.75) is 6.92 Å². The third-order valence-corrected chi connectivity index (χ3v) is 5.39. The largest absolute Gasteiger partial charge is 0.484 e. The number of aryl methyl sites for hydroxylation is 1. The lowest BCUT2D eigenvalue weighted by Gasteiger charge is -2.12. The van der Waals surface area contributed by atoms with Crippen molar-refractivity contribution in [2.75, 3.05) is 11.9 Å². The molecule has 144 valence electrons. The smallest absolute Gasteiger partial charge is 0.262 e. The molecular weight excluding hydrogens is 380 g/mol. The van der Waals surface area contributed by atoms with Crippen LogP contribution in [-0.4, -0.2) is 17.5 Å². The molecule has 0 unspecified atom stereocenters. The Kier molecular flexibility index (Phi) is 5.68. The van der Waals surface area contributed by atoms with Crippen LogP contribution in [0.5, 0.6) is 5.75 Å². The maximum atomic E-state index is 12.4. The number of thiazole rings is 1. The monoisotopic (exact) mass is 400 g/mol. The molecule has 4 aromatic rings. The minimum atomic E-state index is -0.201. The van der Waals surface area contributed by atoms with Gasteiger partial charge in [-0.25, -0.2) is 4.98 Å². The summed E-state index contributed by atoms with van der Waals surface area (Å²) >= 11 is 1.61. The Morgan fingerprint density at radius 3 is 2.38 bits per heavy atom. The highest BCUT2D eigenvalue weighted by molar-refractivity contribution is 7.13. The third kappa shape index (κ3) is 4.70. The lowest BCUT2D eigenvalue weighted by atomic mass is 10.0. The molecular formula is C24H20N2O2S. The third-order valence-electron chi connectivity index (χ3n) is 4.38. The maximum absolute atomic E-state index is 12.4. The van der Waals surface area contributed by atoms with Crippen molar-refractivity contribution in [3.05, 3.63) is 89.9 Å². The first-order valence-electron chi connectivity index (χ1n) is 9.29. The second-order valence-corrected chi connectivity index (χ2v) is 7.42. The summed E-state index contributed by atoms with van der Waals surface area (Å²) in [6.45, 7) is 1.92. The van der Waals surface area contributed by atoms with Crippen LogP contribution in [-0.2, 0) is 4.79 Å². The molecule has 0 aliphatic carbocycles. The fourth-order valence-electron chi connectivity index (χ4n) is 2.98. The first-order valence-corrected chi connectivity index (χ1v) is 10.2. The van der Waals surface area contributed by atoms with E-state index in [1.165, 1.54) is 0 Å². The number of carbonyl (C=O) groups excluding carboxylic acids is 1. The number of ether oxygens (including phenoxy) is 1. The number of nitrogens with zero attached hydrogens (tertiary/aromatic N) is 1. The van der Waals surface area contributed by atoms with Gasteiger partial charge in [0, 0.05) is 27.9 Å². The molecule has 0 saturated carbocycles. The number of carbonyl (C=O) groups is 1. The predicted octanol–water partition coefficient (Wildman–Crippen LogP) is 5.80. The van der Waals surface area contributed by atoms with Gasteiger partial charge in [-0.15, -0.1) is 11.3 Å². The van der Waals surface area contributed by atoms with Crippen LogP contribution in [0.4, 0.5) is 5.69 Å². The van der Waals surface area contributed by atoms with E-state index < -0.39 is 0 Å². The van der Waals surface area contributed by atoms with Gasteiger partial charge in [-0.2, -0.15) is 0 Å². The van der Waals surface area contributed by atoms with Crippen molar-refractivity contribution < 1.29 is 9.53 Å². The Morgan fingerprint density at radius 1 is 0.931 bits per heavy atom. The van der Waals surface area contributed by atoms with E-state index in [1.54, 1.807) is 11.3 Å². The van der Waals surface area contributed by atoms with Gasteiger partial charge < -0.3 is 10.1 Å². The van der Waals surface area contributed by atoms with E-state index in [-0.39, 0.29) is 12.5 Å². The van der Waals surface area contributed by atoms with Crippen LogP contribution in [0.15, 0.2) is 84.2 Å². The number of benzene rings is 3. The summed E-state index contributed by atoms with van der Waals surface area (Å²) in [7, 11) is 0. The van der Waals surface area contributed by atoms with Gasteiger partial charge in [-0.05, 0) is 42.8 Å². The molecule has 1 amide bonds. The van der Waals surface area contributed by atoms with Crippen LogP contribution in [0.3, 0.4) is 0 Å². The Balaban J connectivity index is 1.39. The molecule has 0 saturated heterocycles. The molecule has 4 rings (SSSR count). The highest BCUT2D eigenvalue weighted by Gasteiger charge is 2.09. The van der Waals surface area contributed by atoms with Crippen molar-refractivity contribution in [1.29, 1.82) is 0 Å². The topological polar surface area (TPSA) is 51.2 Å². The molecule has 0 radical (unpaired) electrons. The van der Waals surface area contributed by atoms with E-state index in [4.69, 9.17) is 4.74 Å². The molecule has 0 atom stereocenters. The number of nitrogens with one attached hydrogen (secondary N) is 1. The lowest BCUT2D eigenvalue weighted by molar-refractivity contribution is -0.118. The first kappa shape index (κ1) is 18.9. The average Bonchev–Trinajstić information content (AvgIpc) is 3.20. The van der Waals surface area contributed by atoms with Gasteiger partial charge in [0.2, 0.25) is 0 Å². The standard InChI is InChI=1S/C24H20N2O2S/c1-17-16-29-24(25-17)19-11-13-20(14-12-19)28-15-23(27)26-22-10-6-5-9-21(22)18-7-3-2-4-8-18/h2-14,16H,15H2,1H3,(H,26,27). The molecule has 29 heavy (non-hydrogen) atoms. The number of hydrogen-bond acceptors (Lipinski definition) is 4. The summed E-state index contributed by atoms with van der Waals surface area (Å²) in [4.78, 5) is 16.9. The van der Waals surface area contributed by atoms with Crippen LogP contribution in [0, 0.1) is 6.92 Å². The molecule has 0 spiro atoms. The lowest BCUT2D eigenvalue weighted by Crippen LogP contribution is -2.20. The van der Waals surface area contributed by atoms with Crippen LogP contribution >= 0.6 is 11.3 Å². The van der Waals surface area contributed by atoms with E-state index in [2.05, 4.69) is 10.3 Å². The Bertz CT molecular complexity index is 1110. The van der Waals surface area contributed by atoms with Gasteiger partial charge in [0.05, 0.1) is 0 Å².